The molecule has 0 aromatic heterocycles. The molecule has 0 saturated heterocycles. The lowest BCUT2D eigenvalue weighted by molar-refractivity contribution is -0.0573. The summed E-state index contributed by atoms with van der Waals surface area (Å²) >= 11 is 0. The number of aliphatic hydroxyl groups excluding tert-OH is 1. The molecule has 4 rings (SSSR count). The Morgan fingerprint density at radius 2 is 1.37 bits per heavy atom. The first kappa shape index (κ1) is 43.2. The number of fused-ring (bicyclic) bond motifs is 5. The van der Waals surface area contributed by atoms with Crippen LogP contribution in [0.15, 0.2) is 11.6 Å². The van der Waals surface area contributed by atoms with Crippen LogP contribution >= 0.6 is 7.82 Å². The highest BCUT2D eigenvalue weighted by Gasteiger charge is 2.59. The quantitative estimate of drug-likeness (QED) is 0.0628. The second-order valence-electron chi connectivity index (χ2n) is 18.1. The zero-order chi connectivity index (χ0) is 35.9. The Morgan fingerprint density at radius 1 is 0.776 bits per heavy atom. The van der Waals surface area contributed by atoms with Crippen LogP contribution in [0, 0.1) is 46.3 Å². The Hall–Kier alpha value is -0.190. The Kier molecular flexibility index (Phi) is 19.0. The molecule has 5 nitrogen and oxygen atoms in total. The van der Waals surface area contributed by atoms with Crippen LogP contribution in [-0.2, 0) is 9.09 Å². The molecule has 6 heteroatoms. The van der Waals surface area contributed by atoms with Crippen molar-refractivity contribution in [2.45, 2.75) is 208 Å². The summed E-state index contributed by atoms with van der Waals surface area (Å²) in [6, 6.07) is 0. The minimum Gasteiger partial charge on any atom is -0.393 e. The lowest BCUT2D eigenvalue weighted by Gasteiger charge is -2.58. The third-order valence-corrected chi connectivity index (χ3v) is 14.6. The molecular weight excluding hydrogens is 627 g/mol. The van der Waals surface area contributed by atoms with Gasteiger partial charge in [0.2, 0.25) is 0 Å². The summed E-state index contributed by atoms with van der Waals surface area (Å²) in [5.74, 6) is 5.46. The predicted molar refractivity (Wildman–Crippen MR) is 207 cm³/mol. The van der Waals surface area contributed by atoms with Crippen molar-refractivity contribution < 1.29 is 24.0 Å². The Labute approximate surface area is 303 Å². The molecule has 0 aromatic rings. The molecule has 8 atom stereocenters. The fourth-order valence-electron chi connectivity index (χ4n) is 11.1. The van der Waals surface area contributed by atoms with Gasteiger partial charge in [0.25, 0.3) is 0 Å². The molecule has 0 spiro atoms. The SMILES string of the molecule is CC(C)CCCC(C)[C@H]1CC[C@H]2[C@@H]3CC=C4C[C@@H](O)CC[C@]4(C)[C@H]3CC[C@]12C.CCCCCCCCCCCCCCCCOP(=O)(O)O. The Morgan fingerprint density at radius 3 is 1.94 bits per heavy atom. The van der Waals surface area contributed by atoms with Crippen molar-refractivity contribution in [3.05, 3.63) is 11.6 Å². The van der Waals surface area contributed by atoms with Crippen LogP contribution in [0.1, 0.15) is 202 Å². The molecule has 4 aliphatic carbocycles. The maximum atomic E-state index is 10.4. The largest absolute Gasteiger partial charge is 0.469 e. The highest BCUT2D eigenvalue weighted by atomic mass is 31.2. The van der Waals surface area contributed by atoms with E-state index in [4.69, 9.17) is 9.79 Å². The van der Waals surface area contributed by atoms with Crippen LogP contribution in [0.25, 0.3) is 0 Å². The topological polar surface area (TPSA) is 87.0 Å². The summed E-state index contributed by atoms with van der Waals surface area (Å²) in [7, 11) is -4.25. The van der Waals surface area contributed by atoms with E-state index in [2.05, 4.69) is 52.1 Å². The van der Waals surface area contributed by atoms with E-state index in [1.165, 1.54) is 128 Å². The van der Waals surface area contributed by atoms with E-state index in [1.54, 1.807) is 5.57 Å². The van der Waals surface area contributed by atoms with E-state index in [0.717, 1.165) is 67.6 Å². The van der Waals surface area contributed by atoms with E-state index >= 15 is 0 Å². The number of allylic oxidation sites excluding steroid dienone is 1. The molecule has 0 amide bonds. The van der Waals surface area contributed by atoms with Gasteiger partial charge in [0.1, 0.15) is 0 Å². The molecule has 4 aliphatic rings. The normalized spacial score (nSPS) is 31.7. The monoisotopic (exact) mass is 709 g/mol. The van der Waals surface area contributed by atoms with Crippen molar-refractivity contribution >= 4 is 7.82 Å². The summed E-state index contributed by atoms with van der Waals surface area (Å²) in [6.07, 6.45) is 34.9. The first-order valence-corrected chi connectivity index (χ1v) is 22.9. The molecular formula is C43H81O5P. The Bertz CT molecular complexity index is 991. The first-order chi connectivity index (χ1) is 23.3. The van der Waals surface area contributed by atoms with E-state index in [1.807, 2.05) is 0 Å². The van der Waals surface area contributed by atoms with Gasteiger partial charge in [0.05, 0.1) is 12.7 Å². The number of phosphoric acid groups is 1. The highest BCUT2D eigenvalue weighted by Crippen LogP contribution is 2.67. The number of hydrogen-bond donors (Lipinski definition) is 3. The van der Waals surface area contributed by atoms with Crippen molar-refractivity contribution in [3.8, 4) is 0 Å². The van der Waals surface area contributed by atoms with Gasteiger partial charge < -0.3 is 14.9 Å². The van der Waals surface area contributed by atoms with Crippen molar-refractivity contribution in [2.75, 3.05) is 6.61 Å². The molecule has 49 heavy (non-hydrogen) atoms. The van der Waals surface area contributed by atoms with Gasteiger partial charge in [-0.15, -0.1) is 0 Å². The first-order valence-electron chi connectivity index (χ1n) is 21.4. The minimum atomic E-state index is -4.25. The molecule has 3 N–H and O–H groups in total. The maximum absolute atomic E-state index is 10.4. The van der Waals surface area contributed by atoms with Crippen LogP contribution in [0.4, 0.5) is 0 Å². The summed E-state index contributed by atoms with van der Waals surface area (Å²) < 4.78 is 14.8. The molecule has 1 unspecified atom stereocenters. The molecule has 0 bridgehead atoms. The minimum absolute atomic E-state index is 0.0766. The average molecular weight is 709 g/mol. The number of phosphoric ester groups is 1. The maximum Gasteiger partial charge on any atom is 0.469 e. The molecule has 0 heterocycles. The zero-order valence-electron chi connectivity index (χ0n) is 33.1. The van der Waals surface area contributed by atoms with Gasteiger partial charge in [-0.2, -0.15) is 0 Å². The van der Waals surface area contributed by atoms with Gasteiger partial charge in [-0.1, -0.05) is 156 Å². The van der Waals surface area contributed by atoms with Crippen LogP contribution in [-0.4, -0.2) is 27.6 Å². The summed E-state index contributed by atoms with van der Waals surface area (Å²) in [4.78, 5) is 17.0. The van der Waals surface area contributed by atoms with Crippen molar-refractivity contribution in [2.24, 2.45) is 46.3 Å². The van der Waals surface area contributed by atoms with E-state index < -0.39 is 7.82 Å². The fraction of sp³-hybridized carbons (Fsp3) is 0.953. The molecule has 0 aliphatic heterocycles. The van der Waals surface area contributed by atoms with E-state index in [-0.39, 0.29) is 12.7 Å². The lowest BCUT2D eigenvalue weighted by atomic mass is 9.47. The second kappa shape index (κ2) is 21.5. The number of aliphatic hydroxyl groups is 1. The average Bonchev–Trinajstić information content (AvgIpc) is 3.40. The Balaban J connectivity index is 0.000000279. The van der Waals surface area contributed by atoms with Gasteiger partial charge in [-0.05, 0) is 104 Å². The van der Waals surface area contributed by atoms with Crippen LogP contribution in [0.2, 0.25) is 0 Å². The van der Waals surface area contributed by atoms with Crippen molar-refractivity contribution in [1.82, 2.24) is 0 Å². The van der Waals surface area contributed by atoms with Crippen molar-refractivity contribution in [3.63, 3.8) is 0 Å². The van der Waals surface area contributed by atoms with Gasteiger partial charge >= 0.3 is 7.82 Å². The van der Waals surface area contributed by atoms with Gasteiger partial charge in [-0.3, -0.25) is 4.52 Å². The third kappa shape index (κ3) is 13.6. The van der Waals surface area contributed by atoms with Crippen LogP contribution < -0.4 is 0 Å². The second-order valence-corrected chi connectivity index (χ2v) is 19.3. The number of hydrogen-bond acceptors (Lipinski definition) is 3. The molecule has 3 fully saturated rings. The summed E-state index contributed by atoms with van der Waals surface area (Å²) in [5.41, 5.74) is 2.60. The van der Waals surface area contributed by atoms with Crippen LogP contribution in [0.3, 0.4) is 0 Å². The highest BCUT2D eigenvalue weighted by molar-refractivity contribution is 7.46. The molecule has 288 valence electrons. The number of unbranched alkanes of at least 4 members (excludes halogenated alkanes) is 13. The van der Waals surface area contributed by atoms with E-state index in [9.17, 15) is 9.67 Å². The van der Waals surface area contributed by atoms with Crippen molar-refractivity contribution in [1.29, 1.82) is 0 Å². The molecule has 0 aromatic carbocycles. The molecule has 3 saturated carbocycles. The standard InChI is InChI=1S/C27H46O.C16H35O4P/c1-18(2)7-6-8-19(3)23-11-12-24-22-10-9-20-17-21(28)13-15-26(20,4)25(22)14-16-27(23,24)5;1-2-3-4-5-6-7-8-9-10-11-12-13-14-15-16-20-21(17,18)19/h9,18-19,21-25,28H,6-8,10-17H2,1-5H3;2-16H2,1H3,(H2,17,18,19)/t19?,21-,22-,23+,24-,25-,26-,27+;/m0./s1. The third-order valence-electron chi connectivity index (χ3n) is 14.0. The van der Waals surface area contributed by atoms with E-state index in [0.29, 0.717) is 10.8 Å². The predicted octanol–water partition coefficient (Wildman–Crippen LogP) is 13.0. The van der Waals surface area contributed by atoms with Gasteiger partial charge in [-0.25, -0.2) is 4.57 Å². The van der Waals surface area contributed by atoms with Crippen LogP contribution in [0.5, 0.6) is 0 Å². The smallest absolute Gasteiger partial charge is 0.393 e. The van der Waals surface area contributed by atoms with Gasteiger partial charge in [0.15, 0.2) is 0 Å². The number of rotatable bonds is 21. The summed E-state index contributed by atoms with van der Waals surface area (Å²) in [5, 5.41) is 10.2. The lowest BCUT2D eigenvalue weighted by Crippen LogP contribution is -2.50. The zero-order valence-corrected chi connectivity index (χ0v) is 34.0. The van der Waals surface area contributed by atoms with Gasteiger partial charge in [0, 0.05) is 0 Å². The summed E-state index contributed by atoms with van der Waals surface area (Å²) in [6.45, 7) is 15.0. The molecule has 0 radical (unpaired) electrons. The fourth-order valence-corrected chi connectivity index (χ4v) is 11.5.